The number of benzene rings is 2. The third kappa shape index (κ3) is 4.71. The van der Waals surface area contributed by atoms with Crippen molar-refractivity contribution in [3.05, 3.63) is 53.6 Å². The van der Waals surface area contributed by atoms with Crippen LogP contribution in [0, 0.1) is 0 Å². The van der Waals surface area contributed by atoms with Gasteiger partial charge in [0.1, 0.15) is 5.52 Å². The highest BCUT2D eigenvalue weighted by Gasteiger charge is 2.19. The number of carbonyl (C=O) groups excluding carboxylic acids is 1. The van der Waals surface area contributed by atoms with Crippen LogP contribution in [-0.4, -0.2) is 43.3 Å². The van der Waals surface area contributed by atoms with E-state index in [0.29, 0.717) is 21.9 Å². The molecule has 0 spiro atoms. The van der Waals surface area contributed by atoms with Crippen LogP contribution >= 0.6 is 11.8 Å². The molecule has 1 aromatic heterocycles. The van der Waals surface area contributed by atoms with Gasteiger partial charge in [-0.05, 0) is 29.2 Å². The van der Waals surface area contributed by atoms with E-state index in [0.717, 1.165) is 4.31 Å². The molecule has 0 fully saturated rings. The van der Waals surface area contributed by atoms with Gasteiger partial charge < -0.3 is 4.42 Å². The summed E-state index contributed by atoms with van der Waals surface area (Å²) in [6.07, 6.45) is 0. The van der Waals surface area contributed by atoms with Crippen LogP contribution in [-0.2, 0) is 15.4 Å². The average Bonchev–Trinajstić information content (AvgIpc) is 3.07. The van der Waals surface area contributed by atoms with Crippen LogP contribution in [0.5, 0.6) is 0 Å². The lowest BCUT2D eigenvalue weighted by Crippen LogP contribution is -2.22. The van der Waals surface area contributed by atoms with Crippen molar-refractivity contribution in [3.63, 3.8) is 0 Å². The zero-order valence-corrected chi connectivity index (χ0v) is 18.7. The van der Waals surface area contributed by atoms with Gasteiger partial charge in [0.15, 0.2) is 11.4 Å². The van der Waals surface area contributed by atoms with E-state index in [1.54, 1.807) is 6.07 Å². The lowest BCUT2D eigenvalue weighted by atomic mass is 9.86. The van der Waals surface area contributed by atoms with Crippen molar-refractivity contribution in [2.75, 3.05) is 19.8 Å². The van der Waals surface area contributed by atoms with Gasteiger partial charge in [-0.2, -0.15) is 0 Å². The molecule has 0 N–H and O–H groups in total. The smallest absolute Gasteiger partial charge is 0.257 e. The van der Waals surface area contributed by atoms with Crippen molar-refractivity contribution in [2.45, 2.75) is 36.3 Å². The Morgan fingerprint density at radius 1 is 1.10 bits per heavy atom. The van der Waals surface area contributed by atoms with Crippen molar-refractivity contribution in [3.8, 4) is 0 Å². The lowest BCUT2D eigenvalue weighted by molar-refractivity contribution is 0.102. The Balaban J connectivity index is 1.73. The van der Waals surface area contributed by atoms with Crippen LogP contribution in [0.2, 0.25) is 0 Å². The first kappa shape index (κ1) is 21.5. The summed E-state index contributed by atoms with van der Waals surface area (Å²) in [5.41, 5.74) is 2.77. The molecule has 0 atom stereocenters. The second-order valence-electron chi connectivity index (χ2n) is 7.94. The molecule has 0 aliphatic rings. The molecule has 0 aliphatic heterocycles. The summed E-state index contributed by atoms with van der Waals surface area (Å²) in [6, 6.07) is 12.2. The summed E-state index contributed by atoms with van der Waals surface area (Å²) >= 11 is 1.19. The fourth-order valence-corrected chi connectivity index (χ4v) is 4.34. The normalized spacial score (nSPS) is 12.6. The number of nitrogens with zero attached hydrogens (tertiary/aromatic N) is 2. The molecule has 3 rings (SSSR count). The van der Waals surface area contributed by atoms with Gasteiger partial charge in [-0.1, -0.05) is 56.8 Å². The molecule has 29 heavy (non-hydrogen) atoms. The molecular formula is C21H24N2O4S2. The Bertz CT molecular complexity index is 1140. The van der Waals surface area contributed by atoms with Crippen molar-refractivity contribution in [2.24, 2.45) is 0 Å². The number of rotatable bonds is 6. The topological polar surface area (TPSA) is 80.5 Å². The molecule has 0 aliphatic carbocycles. The number of oxazole rings is 1. The molecule has 0 saturated carbocycles. The molecule has 1 heterocycles. The van der Waals surface area contributed by atoms with Crippen LogP contribution in [0.1, 0.15) is 36.7 Å². The summed E-state index contributed by atoms with van der Waals surface area (Å²) in [5.74, 6) is 0.165. The number of hydrogen-bond acceptors (Lipinski definition) is 6. The van der Waals surface area contributed by atoms with Gasteiger partial charge in [-0.3, -0.25) is 4.79 Å². The minimum Gasteiger partial charge on any atom is -0.431 e. The first-order valence-electron chi connectivity index (χ1n) is 9.08. The Hall–Kier alpha value is -2.16. The Morgan fingerprint density at radius 2 is 1.76 bits per heavy atom. The average molecular weight is 433 g/mol. The molecule has 0 unspecified atom stereocenters. The summed E-state index contributed by atoms with van der Waals surface area (Å²) in [7, 11) is -0.593. The molecule has 0 bridgehead atoms. The molecule has 0 radical (unpaired) electrons. The standard InChI is InChI=1S/C21H24N2O4S2/c1-21(2,3)15-8-6-14(7-9-15)18(24)13-28-20-22-17-12-16(10-11-19(17)27-20)29(25,26)23(4)5/h6-12H,13H2,1-5H3. The number of aromatic nitrogens is 1. The maximum absolute atomic E-state index is 12.5. The SMILES string of the molecule is CN(C)S(=O)(=O)c1ccc2oc(SCC(=O)c3ccc(C(C)(C)C)cc3)nc2c1. The van der Waals surface area contributed by atoms with Gasteiger partial charge in [0, 0.05) is 19.7 Å². The van der Waals surface area contributed by atoms with E-state index >= 15 is 0 Å². The molecule has 6 nitrogen and oxygen atoms in total. The summed E-state index contributed by atoms with van der Waals surface area (Å²) in [5, 5.41) is 0.332. The molecule has 0 amide bonds. The Kier molecular flexibility index (Phi) is 5.89. The highest BCUT2D eigenvalue weighted by atomic mass is 32.2. The quantitative estimate of drug-likeness (QED) is 0.425. The van der Waals surface area contributed by atoms with Crippen molar-refractivity contribution in [1.82, 2.24) is 9.29 Å². The number of thioether (sulfide) groups is 1. The molecule has 0 saturated heterocycles. The minimum absolute atomic E-state index is 0.0198. The Morgan fingerprint density at radius 3 is 2.34 bits per heavy atom. The van der Waals surface area contributed by atoms with Gasteiger partial charge >= 0.3 is 0 Å². The molecule has 2 aromatic carbocycles. The molecule has 8 heteroatoms. The lowest BCUT2D eigenvalue weighted by Gasteiger charge is -2.18. The predicted molar refractivity (Wildman–Crippen MR) is 115 cm³/mol. The van der Waals surface area contributed by atoms with Crippen molar-refractivity contribution in [1.29, 1.82) is 0 Å². The van der Waals surface area contributed by atoms with E-state index in [1.165, 1.54) is 43.6 Å². The van der Waals surface area contributed by atoms with Gasteiger partial charge in [0.2, 0.25) is 10.0 Å². The summed E-state index contributed by atoms with van der Waals surface area (Å²) in [6.45, 7) is 6.38. The predicted octanol–water partition coefficient (Wildman–Crippen LogP) is 4.35. The number of ketones is 1. The maximum atomic E-state index is 12.5. The van der Waals surface area contributed by atoms with Gasteiger partial charge in [0.25, 0.3) is 5.22 Å². The van der Waals surface area contributed by atoms with Crippen molar-refractivity contribution >= 4 is 38.7 Å². The number of sulfonamides is 1. The fraction of sp³-hybridized carbons (Fsp3) is 0.333. The van der Waals surface area contributed by atoms with E-state index in [1.807, 2.05) is 24.3 Å². The third-order valence-electron chi connectivity index (χ3n) is 4.52. The Labute approximate surface area is 175 Å². The third-order valence-corrected chi connectivity index (χ3v) is 7.16. The summed E-state index contributed by atoms with van der Waals surface area (Å²) in [4.78, 5) is 16.9. The van der Waals surface area contributed by atoms with Gasteiger partial charge in [-0.15, -0.1) is 0 Å². The second-order valence-corrected chi connectivity index (χ2v) is 11.0. The first-order valence-corrected chi connectivity index (χ1v) is 11.5. The van der Waals surface area contributed by atoms with E-state index in [9.17, 15) is 13.2 Å². The van der Waals surface area contributed by atoms with Crippen molar-refractivity contribution < 1.29 is 17.6 Å². The first-order chi connectivity index (χ1) is 13.5. The second kappa shape index (κ2) is 7.93. The number of carbonyl (C=O) groups is 1. The zero-order valence-electron chi connectivity index (χ0n) is 17.1. The molecule has 3 aromatic rings. The fourth-order valence-electron chi connectivity index (χ4n) is 2.69. The van der Waals surface area contributed by atoms with E-state index in [-0.39, 0.29) is 21.8 Å². The highest BCUT2D eigenvalue weighted by Crippen LogP contribution is 2.27. The van der Waals surface area contributed by atoms with E-state index < -0.39 is 10.0 Å². The molecule has 154 valence electrons. The van der Waals surface area contributed by atoms with Crippen LogP contribution in [0.15, 0.2) is 57.0 Å². The maximum Gasteiger partial charge on any atom is 0.257 e. The largest absolute Gasteiger partial charge is 0.431 e. The number of fused-ring (bicyclic) bond motifs is 1. The van der Waals surface area contributed by atoms with Crippen LogP contribution in [0.4, 0.5) is 0 Å². The minimum atomic E-state index is -3.54. The molecular weight excluding hydrogens is 408 g/mol. The number of Topliss-reactive ketones (excluding diaryl/α,β-unsaturated/α-hetero) is 1. The van der Waals surface area contributed by atoms with Crippen LogP contribution < -0.4 is 0 Å². The van der Waals surface area contributed by atoms with E-state index in [2.05, 4.69) is 25.8 Å². The monoisotopic (exact) mass is 432 g/mol. The zero-order chi connectivity index (χ0) is 21.4. The summed E-state index contributed by atoms with van der Waals surface area (Å²) < 4.78 is 31.3. The van der Waals surface area contributed by atoms with Crippen LogP contribution in [0.25, 0.3) is 11.1 Å². The number of hydrogen-bond donors (Lipinski definition) is 0. The van der Waals surface area contributed by atoms with Gasteiger partial charge in [0.05, 0.1) is 10.6 Å². The van der Waals surface area contributed by atoms with Gasteiger partial charge in [-0.25, -0.2) is 17.7 Å². The van der Waals surface area contributed by atoms with E-state index in [4.69, 9.17) is 4.42 Å². The highest BCUT2D eigenvalue weighted by molar-refractivity contribution is 7.99. The van der Waals surface area contributed by atoms with Crippen LogP contribution in [0.3, 0.4) is 0 Å².